The molecular weight excluding hydrogens is 418 g/mol. The number of rotatable bonds is 7. The second-order valence-corrected chi connectivity index (χ2v) is 10.8. The number of fused-ring (bicyclic) bond motifs is 3. The normalized spacial score (nSPS) is 23.2. The lowest BCUT2D eigenvalue weighted by Crippen LogP contribution is -2.57. The molecule has 31 heavy (non-hydrogen) atoms. The van der Waals surface area contributed by atoms with E-state index in [0.29, 0.717) is 5.56 Å². The van der Waals surface area contributed by atoms with Gasteiger partial charge in [-0.3, -0.25) is 14.4 Å². The molecule has 3 N–H and O–H groups in total. The zero-order chi connectivity index (χ0) is 23.1. The summed E-state index contributed by atoms with van der Waals surface area (Å²) in [4.78, 5) is 51.8. The van der Waals surface area contributed by atoms with Crippen molar-refractivity contribution in [3.05, 3.63) is 35.4 Å². The molecule has 2 aliphatic heterocycles. The van der Waals surface area contributed by atoms with Crippen molar-refractivity contribution >= 4 is 35.5 Å². The first-order valence-electron chi connectivity index (χ1n) is 10.4. The van der Waals surface area contributed by atoms with Gasteiger partial charge in [0.1, 0.15) is 23.5 Å². The van der Waals surface area contributed by atoms with Crippen LogP contribution in [0.4, 0.5) is 0 Å². The average Bonchev–Trinajstić information content (AvgIpc) is 3.10. The molecule has 2 heterocycles. The maximum Gasteiger partial charge on any atom is 0.326 e. The minimum absolute atomic E-state index is 0.0855. The second kappa shape index (κ2) is 8.53. The van der Waals surface area contributed by atoms with Crippen molar-refractivity contribution in [1.82, 2.24) is 15.5 Å². The number of amides is 3. The number of benzene rings is 1. The van der Waals surface area contributed by atoms with Crippen LogP contribution in [0, 0.1) is 5.92 Å². The molecule has 1 aromatic carbocycles. The third-order valence-corrected chi connectivity index (χ3v) is 7.15. The van der Waals surface area contributed by atoms with Gasteiger partial charge in [-0.25, -0.2) is 4.79 Å². The molecule has 3 amide bonds. The smallest absolute Gasteiger partial charge is 0.326 e. The number of carbonyl (C=O) groups excluding carboxylic acids is 3. The number of nitrogens with zero attached hydrogens (tertiary/aromatic N) is 1. The molecular formula is C22H29N3O5S. The molecule has 9 heteroatoms. The van der Waals surface area contributed by atoms with Crippen LogP contribution in [-0.2, 0) is 14.4 Å². The molecule has 8 nitrogen and oxygen atoms in total. The van der Waals surface area contributed by atoms with Crippen molar-refractivity contribution in [1.29, 1.82) is 0 Å². The summed E-state index contributed by atoms with van der Waals surface area (Å²) in [5.41, 5.74) is 1.49. The Balaban J connectivity index is 1.73. The number of nitrogens with one attached hydrogen (secondary N) is 2. The van der Waals surface area contributed by atoms with Gasteiger partial charge in [0.15, 0.2) is 0 Å². The van der Waals surface area contributed by atoms with E-state index in [1.54, 1.807) is 28.8 Å². The number of thioether (sulfide) groups is 1. The van der Waals surface area contributed by atoms with Gasteiger partial charge in [0.2, 0.25) is 11.8 Å². The highest BCUT2D eigenvalue weighted by Crippen LogP contribution is 2.56. The largest absolute Gasteiger partial charge is 0.480 e. The first kappa shape index (κ1) is 23.1. The number of hydrogen-bond donors (Lipinski definition) is 3. The lowest BCUT2D eigenvalue weighted by atomic mass is 10.00. The molecule has 0 bridgehead atoms. The fraction of sp³-hybridized carbons (Fsp3) is 0.545. The molecule has 0 spiro atoms. The Morgan fingerprint density at radius 3 is 2.42 bits per heavy atom. The minimum atomic E-state index is -1.11. The molecule has 0 unspecified atom stereocenters. The first-order chi connectivity index (χ1) is 14.4. The van der Waals surface area contributed by atoms with Crippen LogP contribution >= 0.6 is 11.8 Å². The number of aliphatic carboxylic acids is 1. The van der Waals surface area contributed by atoms with Crippen LogP contribution in [0.5, 0.6) is 0 Å². The Bertz CT molecular complexity index is 916. The molecule has 0 aliphatic carbocycles. The van der Waals surface area contributed by atoms with Crippen LogP contribution in [-0.4, -0.2) is 56.6 Å². The third-order valence-electron chi connectivity index (χ3n) is 5.62. The van der Waals surface area contributed by atoms with Crippen molar-refractivity contribution in [2.75, 3.05) is 0 Å². The zero-order valence-corrected chi connectivity index (χ0v) is 19.2. The molecule has 3 rings (SSSR count). The lowest BCUT2D eigenvalue weighted by Gasteiger charge is -2.30. The third kappa shape index (κ3) is 4.42. The Kier molecular flexibility index (Phi) is 6.36. The summed E-state index contributed by atoms with van der Waals surface area (Å²) < 4.78 is -0.560. The standard InChI is InChI=1S/C22H29N3O5S/c1-11(2)10-15(21(29)30)24-17(26)12(3)23-18(27)16-22(4,5)31-20-14-9-7-6-8-13(14)19(28)25(16)20/h6-9,11-12,15-16,20H,10H2,1-5H3,(H,23,27)(H,24,26)(H,29,30)/t12-,15-,16+,20-/m0/s1. The summed E-state index contributed by atoms with van der Waals surface area (Å²) in [5.74, 6) is -2.23. The van der Waals surface area contributed by atoms with Gasteiger partial charge >= 0.3 is 5.97 Å². The maximum atomic E-state index is 13.2. The van der Waals surface area contributed by atoms with E-state index in [0.717, 1.165) is 5.56 Å². The minimum Gasteiger partial charge on any atom is -0.480 e. The van der Waals surface area contributed by atoms with Crippen molar-refractivity contribution in [2.45, 2.75) is 69.3 Å². The van der Waals surface area contributed by atoms with Crippen LogP contribution < -0.4 is 10.6 Å². The zero-order valence-electron chi connectivity index (χ0n) is 18.3. The molecule has 168 valence electrons. The average molecular weight is 448 g/mol. The van der Waals surface area contributed by atoms with Crippen LogP contribution in [0.15, 0.2) is 24.3 Å². The van der Waals surface area contributed by atoms with Gasteiger partial charge in [-0.2, -0.15) is 0 Å². The Hall–Kier alpha value is -2.55. The monoisotopic (exact) mass is 447 g/mol. The van der Waals surface area contributed by atoms with Gasteiger partial charge in [0.05, 0.1) is 0 Å². The van der Waals surface area contributed by atoms with Gasteiger partial charge in [0.25, 0.3) is 5.91 Å². The van der Waals surface area contributed by atoms with E-state index in [-0.39, 0.29) is 23.6 Å². The van der Waals surface area contributed by atoms with Gasteiger partial charge in [-0.05, 0) is 44.7 Å². The van der Waals surface area contributed by atoms with E-state index in [2.05, 4.69) is 10.6 Å². The highest BCUT2D eigenvalue weighted by atomic mass is 32.2. The number of carboxylic acid groups (broad SMARTS) is 1. The van der Waals surface area contributed by atoms with Crippen molar-refractivity contribution in [2.24, 2.45) is 5.92 Å². The Morgan fingerprint density at radius 2 is 1.81 bits per heavy atom. The quantitative estimate of drug-likeness (QED) is 0.590. The number of carboxylic acids is 1. The number of carbonyl (C=O) groups is 4. The highest BCUT2D eigenvalue weighted by Gasteiger charge is 2.57. The highest BCUT2D eigenvalue weighted by molar-refractivity contribution is 8.01. The van der Waals surface area contributed by atoms with Crippen molar-refractivity contribution in [3.63, 3.8) is 0 Å². The summed E-state index contributed by atoms with van der Waals surface area (Å²) in [5, 5.41) is 14.3. The van der Waals surface area contributed by atoms with E-state index in [1.165, 1.54) is 6.92 Å². The SMILES string of the molecule is CC(C)C[C@H](NC(=O)[C@H](C)NC(=O)[C@H]1N2C(=O)c3ccccc3[C@@H]2SC1(C)C)C(=O)O. The van der Waals surface area contributed by atoms with Gasteiger partial charge in [-0.15, -0.1) is 11.8 Å². The second-order valence-electron chi connectivity index (χ2n) is 9.04. The summed E-state index contributed by atoms with van der Waals surface area (Å²) in [6.07, 6.45) is 0.288. The van der Waals surface area contributed by atoms with Crippen LogP contribution in [0.2, 0.25) is 0 Å². The molecule has 0 radical (unpaired) electrons. The summed E-state index contributed by atoms with van der Waals surface area (Å²) in [6.45, 7) is 9.06. The fourth-order valence-electron chi connectivity index (χ4n) is 4.15. The molecule has 4 atom stereocenters. The predicted octanol–water partition coefficient (Wildman–Crippen LogP) is 2.16. The molecule has 0 aromatic heterocycles. The van der Waals surface area contributed by atoms with Crippen LogP contribution in [0.1, 0.15) is 62.3 Å². The van der Waals surface area contributed by atoms with Crippen LogP contribution in [0.3, 0.4) is 0 Å². The number of hydrogen-bond acceptors (Lipinski definition) is 5. The van der Waals surface area contributed by atoms with E-state index in [9.17, 15) is 24.3 Å². The van der Waals surface area contributed by atoms with Crippen molar-refractivity contribution in [3.8, 4) is 0 Å². The summed E-state index contributed by atoms with van der Waals surface area (Å²) >= 11 is 1.54. The van der Waals surface area contributed by atoms with Gasteiger partial charge in [-0.1, -0.05) is 32.0 Å². The van der Waals surface area contributed by atoms with Crippen molar-refractivity contribution < 1.29 is 24.3 Å². The Morgan fingerprint density at radius 1 is 1.16 bits per heavy atom. The van der Waals surface area contributed by atoms with E-state index in [1.807, 2.05) is 39.8 Å². The topological polar surface area (TPSA) is 116 Å². The first-order valence-corrected chi connectivity index (χ1v) is 11.2. The summed E-state index contributed by atoms with van der Waals surface area (Å²) in [6, 6.07) is 4.60. The predicted molar refractivity (Wildman–Crippen MR) is 117 cm³/mol. The van der Waals surface area contributed by atoms with E-state index in [4.69, 9.17) is 0 Å². The molecule has 1 saturated heterocycles. The summed E-state index contributed by atoms with van der Waals surface area (Å²) in [7, 11) is 0. The molecule has 1 aromatic rings. The van der Waals surface area contributed by atoms with Gasteiger partial charge < -0.3 is 20.6 Å². The van der Waals surface area contributed by atoms with Crippen LogP contribution in [0.25, 0.3) is 0 Å². The molecule has 1 fully saturated rings. The maximum absolute atomic E-state index is 13.2. The lowest BCUT2D eigenvalue weighted by molar-refractivity contribution is -0.142. The molecule has 2 aliphatic rings. The van der Waals surface area contributed by atoms with Gasteiger partial charge in [0, 0.05) is 10.3 Å². The van der Waals surface area contributed by atoms with E-state index >= 15 is 0 Å². The fourth-order valence-corrected chi connectivity index (χ4v) is 5.74. The van der Waals surface area contributed by atoms with E-state index < -0.39 is 40.7 Å². The Labute approximate surface area is 186 Å². The molecule has 0 saturated carbocycles.